The summed E-state index contributed by atoms with van der Waals surface area (Å²) in [5, 5.41) is 2.59. The molecule has 0 saturated heterocycles. The van der Waals surface area contributed by atoms with E-state index in [1.807, 2.05) is 0 Å². The number of methoxy groups -OCH3 is 2. The summed E-state index contributed by atoms with van der Waals surface area (Å²) in [6.07, 6.45) is -1.06. The molecule has 0 spiro atoms. The van der Waals surface area contributed by atoms with Crippen LogP contribution >= 0.6 is 0 Å². The van der Waals surface area contributed by atoms with Gasteiger partial charge in [-0.3, -0.25) is 9.59 Å². The monoisotopic (exact) mass is 441 g/mol. The molecule has 0 aliphatic heterocycles. The van der Waals surface area contributed by atoms with Crippen molar-refractivity contribution < 1.29 is 38.1 Å². The second-order valence-electron chi connectivity index (χ2n) is 6.67. The average molecular weight is 441 g/mol. The zero-order valence-corrected chi connectivity index (χ0v) is 18.8. The lowest BCUT2D eigenvalue weighted by molar-refractivity contribution is -0.150. The predicted octanol–water partition coefficient (Wildman–Crippen LogP) is 1.29. The fourth-order valence-electron chi connectivity index (χ4n) is 2.49. The largest absolute Gasteiger partial charge is 0.481 e. The molecule has 1 aromatic rings. The number of ether oxygens (including phenoxy) is 5. The second kappa shape index (κ2) is 13.2. The van der Waals surface area contributed by atoms with Crippen LogP contribution in [0.3, 0.4) is 0 Å². The van der Waals surface area contributed by atoms with Gasteiger partial charge in [0.25, 0.3) is 5.91 Å². The Kier molecular flexibility index (Phi) is 11.1. The minimum Gasteiger partial charge on any atom is -0.481 e. The van der Waals surface area contributed by atoms with Crippen molar-refractivity contribution >= 4 is 17.8 Å². The summed E-state index contributed by atoms with van der Waals surface area (Å²) in [6, 6.07) is 0.301. The molecular formula is C20H31N3O8. The van der Waals surface area contributed by atoms with Gasteiger partial charge in [-0.1, -0.05) is 13.8 Å². The zero-order chi connectivity index (χ0) is 23.4. The Morgan fingerprint density at radius 1 is 1.00 bits per heavy atom. The molecule has 0 aromatic carbocycles. The number of aromatic nitrogens is 2. The number of carbonyl (C=O) groups excluding carboxylic acids is 3. The van der Waals surface area contributed by atoms with Crippen molar-refractivity contribution in [3.05, 3.63) is 6.07 Å². The number of nitrogens with one attached hydrogen (secondary N) is 1. The molecule has 0 aliphatic rings. The van der Waals surface area contributed by atoms with E-state index in [0.717, 1.165) is 0 Å². The number of rotatable bonds is 13. The molecule has 2 atom stereocenters. The van der Waals surface area contributed by atoms with E-state index in [2.05, 4.69) is 15.3 Å². The maximum atomic E-state index is 12.9. The second-order valence-corrected chi connectivity index (χ2v) is 6.67. The van der Waals surface area contributed by atoms with Gasteiger partial charge in [-0.05, 0) is 26.2 Å². The summed E-state index contributed by atoms with van der Waals surface area (Å²) in [5.74, 6) is -1.61. The van der Waals surface area contributed by atoms with Gasteiger partial charge in [0.05, 0.1) is 33.5 Å². The predicted molar refractivity (Wildman–Crippen MR) is 109 cm³/mol. The molecule has 1 amide bonds. The maximum absolute atomic E-state index is 12.9. The smallest absolute Gasteiger partial charge is 0.328 e. The molecule has 1 aromatic heterocycles. The lowest BCUT2D eigenvalue weighted by atomic mass is 10.1. The molecule has 0 saturated carbocycles. The lowest BCUT2D eigenvalue weighted by Gasteiger charge is -2.24. The molecule has 0 bridgehead atoms. The van der Waals surface area contributed by atoms with Crippen molar-refractivity contribution in [1.29, 1.82) is 0 Å². The highest BCUT2D eigenvalue weighted by atomic mass is 16.5. The third-order valence-corrected chi connectivity index (χ3v) is 4.00. The lowest BCUT2D eigenvalue weighted by Crippen LogP contribution is -2.49. The van der Waals surface area contributed by atoms with Crippen LogP contribution in [0.5, 0.6) is 17.8 Å². The summed E-state index contributed by atoms with van der Waals surface area (Å²) in [5.41, 5.74) is 0. The summed E-state index contributed by atoms with van der Waals surface area (Å²) >= 11 is 0. The van der Waals surface area contributed by atoms with Crippen LogP contribution in [0.15, 0.2) is 6.07 Å². The van der Waals surface area contributed by atoms with Crippen molar-refractivity contribution in [2.75, 3.05) is 27.4 Å². The van der Waals surface area contributed by atoms with E-state index in [1.54, 1.807) is 27.7 Å². The highest BCUT2D eigenvalue weighted by Gasteiger charge is 2.31. The fourth-order valence-corrected chi connectivity index (χ4v) is 2.49. The van der Waals surface area contributed by atoms with Crippen LogP contribution in [-0.4, -0.2) is 67.4 Å². The molecule has 1 rings (SSSR count). The number of hydrogen-bond acceptors (Lipinski definition) is 10. The molecule has 31 heavy (non-hydrogen) atoms. The van der Waals surface area contributed by atoms with Gasteiger partial charge in [0.2, 0.25) is 11.8 Å². The van der Waals surface area contributed by atoms with Gasteiger partial charge in [-0.25, -0.2) is 4.79 Å². The van der Waals surface area contributed by atoms with Crippen LogP contribution in [0.2, 0.25) is 0 Å². The van der Waals surface area contributed by atoms with E-state index in [9.17, 15) is 14.4 Å². The molecule has 1 heterocycles. The molecular weight excluding hydrogens is 410 g/mol. The van der Waals surface area contributed by atoms with Crippen molar-refractivity contribution in [2.24, 2.45) is 5.92 Å². The number of esters is 2. The Hall–Kier alpha value is -3.11. The van der Waals surface area contributed by atoms with Crippen LogP contribution < -0.4 is 19.5 Å². The number of amides is 1. The van der Waals surface area contributed by atoms with Gasteiger partial charge in [0.15, 0.2) is 6.10 Å². The Morgan fingerprint density at radius 2 is 1.58 bits per heavy atom. The first-order valence-electron chi connectivity index (χ1n) is 10.0. The fraction of sp³-hybridized carbons (Fsp3) is 0.650. The van der Waals surface area contributed by atoms with Gasteiger partial charge >= 0.3 is 17.9 Å². The van der Waals surface area contributed by atoms with E-state index in [0.29, 0.717) is 0 Å². The van der Waals surface area contributed by atoms with E-state index in [4.69, 9.17) is 23.7 Å². The summed E-state index contributed by atoms with van der Waals surface area (Å²) < 4.78 is 25.7. The van der Waals surface area contributed by atoms with Gasteiger partial charge in [0, 0.05) is 6.42 Å². The minimum atomic E-state index is -1.04. The van der Waals surface area contributed by atoms with Crippen LogP contribution in [0.4, 0.5) is 0 Å². The quantitative estimate of drug-likeness (QED) is 0.446. The van der Waals surface area contributed by atoms with E-state index in [1.165, 1.54) is 20.3 Å². The van der Waals surface area contributed by atoms with Crippen LogP contribution in [0.1, 0.15) is 40.5 Å². The number of hydrogen-bond donors (Lipinski definition) is 1. The van der Waals surface area contributed by atoms with Gasteiger partial charge < -0.3 is 29.0 Å². The molecule has 0 radical (unpaired) electrons. The molecule has 0 fully saturated rings. The topological polar surface area (TPSA) is 135 Å². The third-order valence-electron chi connectivity index (χ3n) is 4.00. The first kappa shape index (κ1) is 25.9. The Balaban J connectivity index is 2.98. The van der Waals surface area contributed by atoms with Crippen LogP contribution in [0.25, 0.3) is 0 Å². The highest BCUT2D eigenvalue weighted by molar-refractivity contribution is 5.87. The molecule has 1 N–H and O–H groups in total. The summed E-state index contributed by atoms with van der Waals surface area (Å²) in [7, 11) is 2.84. The van der Waals surface area contributed by atoms with E-state index >= 15 is 0 Å². The number of carbonyl (C=O) groups is 3. The summed E-state index contributed by atoms with van der Waals surface area (Å²) in [6.45, 7) is 7.21. The molecule has 2 unspecified atom stereocenters. The maximum Gasteiger partial charge on any atom is 0.328 e. The Morgan fingerprint density at radius 3 is 2.06 bits per heavy atom. The standard InChI is InChI=1S/C20H31N3O8/c1-7-29-16(24)10-9-13(19(26)30-8-2)21-18(25)17(12(3)4)31-20-22-14(27-5)11-15(23-20)28-6/h11-13,17H,7-10H2,1-6H3,(H,21,25). The third kappa shape index (κ3) is 8.65. The molecule has 11 nitrogen and oxygen atoms in total. The van der Waals surface area contributed by atoms with Crippen molar-refractivity contribution in [2.45, 2.75) is 52.7 Å². The van der Waals surface area contributed by atoms with Gasteiger partial charge in [-0.15, -0.1) is 0 Å². The van der Waals surface area contributed by atoms with Crippen molar-refractivity contribution in [3.8, 4) is 17.8 Å². The Labute approximate surface area is 181 Å². The summed E-state index contributed by atoms with van der Waals surface area (Å²) in [4.78, 5) is 45.0. The van der Waals surface area contributed by atoms with Crippen molar-refractivity contribution in [3.63, 3.8) is 0 Å². The Bertz CT molecular complexity index is 719. The number of nitrogens with zero attached hydrogens (tertiary/aromatic N) is 2. The van der Waals surface area contributed by atoms with Crippen molar-refractivity contribution in [1.82, 2.24) is 15.3 Å². The van der Waals surface area contributed by atoms with Gasteiger partial charge in [0.1, 0.15) is 6.04 Å². The molecule has 174 valence electrons. The highest BCUT2D eigenvalue weighted by Crippen LogP contribution is 2.21. The normalized spacial score (nSPS) is 12.5. The minimum absolute atomic E-state index is 0.0255. The van der Waals surface area contributed by atoms with Crippen LogP contribution in [-0.2, 0) is 23.9 Å². The van der Waals surface area contributed by atoms with E-state index < -0.39 is 30.0 Å². The van der Waals surface area contributed by atoms with Gasteiger partial charge in [-0.2, -0.15) is 9.97 Å². The first-order chi connectivity index (χ1) is 14.7. The molecule has 11 heteroatoms. The van der Waals surface area contributed by atoms with E-state index in [-0.39, 0.29) is 49.7 Å². The zero-order valence-electron chi connectivity index (χ0n) is 18.8. The SMILES string of the molecule is CCOC(=O)CCC(NC(=O)C(Oc1nc(OC)cc(OC)n1)C(C)C)C(=O)OCC. The first-order valence-corrected chi connectivity index (χ1v) is 10.0. The average Bonchev–Trinajstić information content (AvgIpc) is 2.74. The van der Waals surface area contributed by atoms with Crippen LogP contribution in [0, 0.1) is 5.92 Å². The molecule has 0 aliphatic carbocycles.